The summed E-state index contributed by atoms with van der Waals surface area (Å²) < 4.78 is 5.98. The molecule has 0 bridgehead atoms. The predicted octanol–water partition coefficient (Wildman–Crippen LogP) is 2.46. The highest BCUT2D eigenvalue weighted by atomic mass is 16.5. The first-order chi connectivity index (χ1) is 9.39. The first-order valence-electron chi connectivity index (χ1n) is 8.05. The normalized spacial score (nSPS) is 29.9. The van der Waals surface area contributed by atoms with Gasteiger partial charge < -0.3 is 15.8 Å². The molecule has 0 aromatic heterocycles. The zero-order valence-corrected chi connectivity index (χ0v) is 13.6. The van der Waals surface area contributed by atoms with Gasteiger partial charge in [-0.05, 0) is 57.4 Å². The molecule has 1 aliphatic carbocycles. The van der Waals surface area contributed by atoms with Crippen LogP contribution in [0.4, 0.5) is 0 Å². The Bertz CT molecular complexity index is 309. The van der Waals surface area contributed by atoms with Gasteiger partial charge in [-0.15, -0.1) is 0 Å². The number of carbonyl (C=O) groups is 1. The Kier molecular flexibility index (Phi) is 6.96. The van der Waals surface area contributed by atoms with Crippen LogP contribution in [0.5, 0.6) is 0 Å². The Labute approximate surface area is 123 Å². The molecule has 1 aliphatic rings. The van der Waals surface area contributed by atoms with Crippen molar-refractivity contribution in [1.29, 1.82) is 0 Å². The summed E-state index contributed by atoms with van der Waals surface area (Å²) in [4.78, 5) is 11.6. The summed E-state index contributed by atoms with van der Waals surface area (Å²) >= 11 is 0. The van der Waals surface area contributed by atoms with Crippen molar-refractivity contribution >= 4 is 5.91 Å². The van der Waals surface area contributed by atoms with Crippen molar-refractivity contribution < 1.29 is 9.53 Å². The van der Waals surface area contributed by atoms with Gasteiger partial charge in [0.2, 0.25) is 5.91 Å². The Morgan fingerprint density at radius 1 is 1.35 bits per heavy atom. The molecule has 3 N–H and O–H groups in total. The molecular weight excluding hydrogens is 252 g/mol. The molecule has 1 saturated carbocycles. The highest BCUT2D eigenvalue weighted by molar-refractivity contribution is 5.84. The second-order valence-electron chi connectivity index (χ2n) is 6.63. The fourth-order valence-corrected chi connectivity index (χ4v) is 2.78. The quantitative estimate of drug-likeness (QED) is 0.719. The lowest BCUT2D eigenvalue weighted by atomic mass is 9.80. The van der Waals surface area contributed by atoms with Gasteiger partial charge in [0.15, 0.2) is 0 Å². The van der Waals surface area contributed by atoms with Gasteiger partial charge in [-0.2, -0.15) is 0 Å². The minimum Gasteiger partial charge on any atom is -0.378 e. The van der Waals surface area contributed by atoms with Crippen molar-refractivity contribution in [2.45, 2.75) is 71.4 Å². The van der Waals surface area contributed by atoms with Gasteiger partial charge in [-0.25, -0.2) is 0 Å². The molecule has 0 saturated heterocycles. The van der Waals surface area contributed by atoms with Crippen LogP contribution in [-0.4, -0.2) is 30.7 Å². The monoisotopic (exact) mass is 284 g/mol. The summed E-state index contributed by atoms with van der Waals surface area (Å²) in [5, 5.41) is 3.24. The van der Waals surface area contributed by atoms with Gasteiger partial charge in [0.1, 0.15) is 0 Å². The first-order valence-corrected chi connectivity index (χ1v) is 8.05. The number of rotatable bonds is 8. The van der Waals surface area contributed by atoms with Gasteiger partial charge in [0.25, 0.3) is 0 Å². The Morgan fingerprint density at radius 3 is 2.60 bits per heavy atom. The van der Waals surface area contributed by atoms with Crippen molar-refractivity contribution in [1.82, 2.24) is 5.32 Å². The standard InChI is InChI=1S/C16H32N2O2/c1-5-9-18-16(4,15(17)19)8-10-20-14-7-6-12(2)13(3)11-14/h12-14,18H,5-11H2,1-4H3,(H2,17,19). The van der Waals surface area contributed by atoms with Gasteiger partial charge in [0.05, 0.1) is 11.6 Å². The third-order valence-electron chi connectivity index (χ3n) is 4.81. The zero-order chi connectivity index (χ0) is 15.2. The van der Waals surface area contributed by atoms with Crippen molar-refractivity contribution in [3.8, 4) is 0 Å². The number of ether oxygens (including phenoxy) is 1. The van der Waals surface area contributed by atoms with Crippen LogP contribution < -0.4 is 11.1 Å². The summed E-state index contributed by atoms with van der Waals surface area (Å²) in [5.41, 5.74) is 4.87. The molecule has 4 heteroatoms. The average molecular weight is 284 g/mol. The molecule has 1 fully saturated rings. The molecule has 1 amide bonds. The average Bonchev–Trinajstić information content (AvgIpc) is 2.40. The molecule has 0 aromatic rings. The maximum absolute atomic E-state index is 11.6. The number of primary amides is 1. The third kappa shape index (κ3) is 5.06. The number of hydrogen-bond donors (Lipinski definition) is 2. The molecule has 0 radical (unpaired) electrons. The largest absolute Gasteiger partial charge is 0.378 e. The Morgan fingerprint density at radius 2 is 2.05 bits per heavy atom. The van der Waals surface area contributed by atoms with E-state index in [4.69, 9.17) is 10.5 Å². The molecule has 0 aromatic carbocycles. The van der Waals surface area contributed by atoms with Crippen LogP contribution in [0.2, 0.25) is 0 Å². The first kappa shape index (κ1) is 17.4. The van der Waals surface area contributed by atoms with E-state index in [9.17, 15) is 4.79 Å². The van der Waals surface area contributed by atoms with Gasteiger partial charge in [-0.1, -0.05) is 20.8 Å². The minimum absolute atomic E-state index is 0.291. The fourth-order valence-electron chi connectivity index (χ4n) is 2.78. The molecule has 0 heterocycles. The lowest BCUT2D eigenvalue weighted by Crippen LogP contribution is -2.54. The zero-order valence-electron chi connectivity index (χ0n) is 13.6. The Balaban J connectivity index is 2.35. The molecule has 1 rings (SSSR count). The number of nitrogens with two attached hydrogens (primary N) is 1. The maximum atomic E-state index is 11.6. The van der Waals surface area contributed by atoms with Gasteiger partial charge >= 0.3 is 0 Å². The van der Waals surface area contributed by atoms with Crippen LogP contribution in [-0.2, 0) is 9.53 Å². The molecule has 20 heavy (non-hydrogen) atoms. The van der Waals surface area contributed by atoms with Crippen molar-refractivity contribution in [3.63, 3.8) is 0 Å². The van der Waals surface area contributed by atoms with E-state index in [2.05, 4.69) is 26.1 Å². The lowest BCUT2D eigenvalue weighted by molar-refractivity contribution is -0.125. The number of hydrogen-bond acceptors (Lipinski definition) is 3. The van der Waals surface area contributed by atoms with E-state index < -0.39 is 5.54 Å². The smallest absolute Gasteiger partial charge is 0.237 e. The summed E-state index contributed by atoms with van der Waals surface area (Å²) in [6.07, 6.45) is 5.50. The number of amides is 1. The number of carbonyl (C=O) groups excluding carboxylic acids is 1. The van der Waals surface area contributed by atoms with E-state index in [0.717, 1.165) is 37.6 Å². The van der Waals surface area contributed by atoms with E-state index in [-0.39, 0.29) is 5.91 Å². The van der Waals surface area contributed by atoms with Crippen molar-refractivity contribution in [2.75, 3.05) is 13.2 Å². The van der Waals surface area contributed by atoms with Crippen LogP contribution in [0.1, 0.15) is 59.8 Å². The van der Waals surface area contributed by atoms with Crippen molar-refractivity contribution in [3.05, 3.63) is 0 Å². The minimum atomic E-state index is -0.649. The molecule has 4 nitrogen and oxygen atoms in total. The molecular formula is C16H32N2O2. The lowest BCUT2D eigenvalue weighted by Gasteiger charge is -2.33. The van der Waals surface area contributed by atoms with Crippen LogP contribution in [0.25, 0.3) is 0 Å². The van der Waals surface area contributed by atoms with Crippen LogP contribution in [0.15, 0.2) is 0 Å². The number of nitrogens with one attached hydrogen (secondary N) is 1. The second kappa shape index (κ2) is 7.99. The topological polar surface area (TPSA) is 64.3 Å². The summed E-state index contributed by atoms with van der Waals surface area (Å²) in [7, 11) is 0. The van der Waals surface area contributed by atoms with Crippen LogP contribution in [0.3, 0.4) is 0 Å². The van der Waals surface area contributed by atoms with Gasteiger partial charge in [-0.3, -0.25) is 4.79 Å². The highest BCUT2D eigenvalue weighted by Gasteiger charge is 2.31. The van der Waals surface area contributed by atoms with E-state index >= 15 is 0 Å². The van der Waals surface area contributed by atoms with E-state index in [1.165, 1.54) is 6.42 Å². The molecule has 4 atom stereocenters. The maximum Gasteiger partial charge on any atom is 0.237 e. The van der Waals surface area contributed by atoms with E-state index in [0.29, 0.717) is 19.1 Å². The summed E-state index contributed by atoms with van der Waals surface area (Å²) in [6, 6.07) is 0. The summed E-state index contributed by atoms with van der Waals surface area (Å²) in [6.45, 7) is 9.98. The van der Waals surface area contributed by atoms with Crippen molar-refractivity contribution in [2.24, 2.45) is 17.6 Å². The second-order valence-corrected chi connectivity index (χ2v) is 6.63. The molecule has 4 unspecified atom stereocenters. The SMILES string of the molecule is CCCNC(C)(CCOC1CCC(C)C(C)C1)C(N)=O. The molecule has 0 spiro atoms. The van der Waals surface area contributed by atoms with E-state index in [1.807, 2.05) is 6.92 Å². The fraction of sp³-hybridized carbons (Fsp3) is 0.938. The molecule has 118 valence electrons. The third-order valence-corrected chi connectivity index (χ3v) is 4.81. The van der Waals surface area contributed by atoms with Gasteiger partial charge in [0, 0.05) is 6.61 Å². The van der Waals surface area contributed by atoms with Crippen LogP contribution >= 0.6 is 0 Å². The molecule has 0 aliphatic heterocycles. The highest BCUT2D eigenvalue weighted by Crippen LogP contribution is 2.31. The van der Waals surface area contributed by atoms with Crippen LogP contribution in [0, 0.1) is 11.8 Å². The Hall–Kier alpha value is -0.610. The predicted molar refractivity (Wildman–Crippen MR) is 82.4 cm³/mol. The van der Waals surface area contributed by atoms with E-state index in [1.54, 1.807) is 0 Å². The summed E-state index contributed by atoms with van der Waals surface area (Å²) in [5.74, 6) is 1.24.